The quantitative estimate of drug-likeness (QED) is 0.517. The summed E-state index contributed by atoms with van der Waals surface area (Å²) in [5.74, 6) is 1.98. The fraction of sp³-hybridized carbons (Fsp3) is 0.292. The van der Waals surface area contributed by atoms with Crippen molar-refractivity contribution in [3.8, 4) is 0 Å². The van der Waals surface area contributed by atoms with E-state index in [2.05, 4.69) is 20.6 Å². The zero-order valence-electron chi connectivity index (χ0n) is 19.5. The fourth-order valence-corrected chi connectivity index (χ4v) is 4.15. The third kappa shape index (κ3) is 6.29. The third-order valence-electron chi connectivity index (χ3n) is 4.96. The normalized spacial score (nSPS) is 11.3. The summed E-state index contributed by atoms with van der Waals surface area (Å²) in [5.41, 5.74) is 2.24. The van der Waals surface area contributed by atoms with Crippen molar-refractivity contribution in [1.82, 2.24) is 9.97 Å². The highest BCUT2D eigenvalue weighted by atomic mass is 32.2. The second kappa shape index (κ2) is 9.99. The van der Waals surface area contributed by atoms with E-state index in [1.165, 1.54) is 0 Å². The fourth-order valence-electron chi connectivity index (χ4n) is 3.09. The van der Waals surface area contributed by atoms with Crippen LogP contribution < -0.4 is 15.5 Å². The van der Waals surface area contributed by atoms with Gasteiger partial charge in [0, 0.05) is 31.5 Å². The monoisotopic (exact) mass is 467 g/mol. The number of carbonyl (C=O) groups is 1. The molecule has 0 atom stereocenters. The van der Waals surface area contributed by atoms with Crippen molar-refractivity contribution in [2.24, 2.45) is 0 Å². The van der Waals surface area contributed by atoms with Crippen LogP contribution >= 0.6 is 0 Å². The van der Waals surface area contributed by atoms with Gasteiger partial charge in [0.05, 0.1) is 16.6 Å². The number of carbonyl (C=O) groups excluding carboxylic acids is 1. The van der Waals surface area contributed by atoms with Crippen LogP contribution in [0.25, 0.3) is 0 Å². The SMILES string of the molecule is Cc1nc(Nc2ccc(NC(=O)Cc3ccc(S(=O)(=O)C(C)C)cc3)cc2)cc(N(C)C)n1. The molecule has 1 amide bonds. The molecule has 174 valence electrons. The molecule has 1 heterocycles. The van der Waals surface area contributed by atoms with Crippen LogP contribution in [0.1, 0.15) is 25.2 Å². The minimum absolute atomic E-state index is 0.148. The lowest BCUT2D eigenvalue weighted by Gasteiger charge is -2.14. The molecule has 0 aliphatic rings. The standard InChI is InChI=1S/C24H29N5O3S/c1-16(2)33(31,32)21-12-6-18(7-13-21)14-24(30)28-20-10-8-19(9-11-20)27-22-15-23(29(4)5)26-17(3)25-22/h6-13,15-16H,14H2,1-5H3,(H,28,30)(H,25,26,27). The van der Waals surface area contributed by atoms with Gasteiger partial charge in [0.15, 0.2) is 9.84 Å². The van der Waals surface area contributed by atoms with Gasteiger partial charge >= 0.3 is 0 Å². The van der Waals surface area contributed by atoms with E-state index >= 15 is 0 Å². The highest BCUT2D eigenvalue weighted by Gasteiger charge is 2.18. The van der Waals surface area contributed by atoms with Crippen molar-refractivity contribution < 1.29 is 13.2 Å². The zero-order chi connectivity index (χ0) is 24.2. The summed E-state index contributed by atoms with van der Waals surface area (Å²) in [5, 5.41) is 5.62. The van der Waals surface area contributed by atoms with Gasteiger partial charge in [-0.2, -0.15) is 0 Å². The second-order valence-corrected chi connectivity index (χ2v) is 10.7. The molecule has 9 heteroatoms. The van der Waals surface area contributed by atoms with Crippen LogP contribution in [0.5, 0.6) is 0 Å². The van der Waals surface area contributed by atoms with Crippen LogP contribution in [-0.4, -0.2) is 43.6 Å². The molecule has 1 aromatic heterocycles. The lowest BCUT2D eigenvalue weighted by molar-refractivity contribution is -0.115. The van der Waals surface area contributed by atoms with Crippen molar-refractivity contribution in [3.63, 3.8) is 0 Å². The van der Waals surface area contributed by atoms with Gasteiger partial charge in [-0.1, -0.05) is 12.1 Å². The number of benzene rings is 2. The Morgan fingerprint density at radius 2 is 1.58 bits per heavy atom. The first-order chi connectivity index (χ1) is 15.5. The molecule has 3 aromatic rings. The van der Waals surface area contributed by atoms with Crippen molar-refractivity contribution >= 4 is 38.8 Å². The predicted octanol–water partition coefficient (Wildman–Crippen LogP) is 3.96. The molecule has 0 fully saturated rings. The Labute approximate surface area is 195 Å². The number of aromatic nitrogens is 2. The molecule has 0 bridgehead atoms. The van der Waals surface area contributed by atoms with Gasteiger partial charge in [-0.05, 0) is 62.7 Å². The van der Waals surface area contributed by atoms with E-state index in [0.717, 1.165) is 17.1 Å². The molecule has 0 saturated heterocycles. The Hall–Kier alpha value is -3.46. The summed E-state index contributed by atoms with van der Waals surface area (Å²) >= 11 is 0. The van der Waals surface area contributed by atoms with E-state index in [9.17, 15) is 13.2 Å². The highest BCUT2D eigenvalue weighted by Crippen LogP contribution is 2.21. The number of anilines is 4. The van der Waals surface area contributed by atoms with Gasteiger partial charge in [0.2, 0.25) is 5.91 Å². The van der Waals surface area contributed by atoms with Crippen molar-refractivity contribution in [3.05, 3.63) is 66.0 Å². The molecule has 8 nitrogen and oxygen atoms in total. The Morgan fingerprint density at radius 1 is 0.970 bits per heavy atom. The van der Waals surface area contributed by atoms with E-state index in [-0.39, 0.29) is 17.2 Å². The van der Waals surface area contributed by atoms with Gasteiger partial charge in [-0.15, -0.1) is 0 Å². The number of aryl methyl sites for hydroxylation is 1. The maximum atomic E-state index is 12.4. The summed E-state index contributed by atoms with van der Waals surface area (Å²) < 4.78 is 24.4. The van der Waals surface area contributed by atoms with Crippen LogP contribution in [0.3, 0.4) is 0 Å². The first-order valence-electron chi connectivity index (χ1n) is 10.6. The molecule has 33 heavy (non-hydrogen) atoms. The van der Waals surface area contributed by atoms with Crippen molar-refractivity contribution in [1.29, 1.82) is 0 Å². The predicted molar refractivity (Wildman–Crippen MR) is 132 cm³/mol. The number of amides is 1. The van der Waals surface area contributed by atoms with Gasteiger partial charge in [0.25, 0.3) is 0 Å². The number of hydrogen-bond donors (Lipinski definition) is 2. The number of rotatable bonds is 8. The van der Waals surface area contributed by atoms with E-state index in [4.69, 9.17) is 0 Å². The molecule has 0 radical (unpaired) electrons. The third-order valence-corrected chi connectivity index (χ3v) is 7.13. The van der Waals surface area contributed by atoms with E-state index in [1.807, 2.05) is 44.1 Å². The molecule has 0 saturated carbocycles. The lowest BCUT2D eigenvalue weighted by atomic mass is 10.1. The Balaban J connectivity index is 1.60. The molecular formula is C24H29N5O3S. The molecule has 0 spiro atoms. The largest absolute Gasteiger partial charge is 0.363 e. The van der Waals surface area contributed by atoms with Gasteiger partial charge < -0.3 is 15.5 Å². The second-order valence-electron chi connectivity index (χ2n) is 8.22. The average Bonchev–Trinajstić information content (AvgIpc) is 2.75. The van der Waals surface area contributed by atoms with Crippen LogP contribution in [0.4, 0.5) is 23.0 Å². The summed E-state index contributed by atoms with van der Waals surface area (Å²) in [4.78, 5) is 23.4. The maximum absolute atomic E-state index is 12.4. The molecule has 3 rings (SSSR count). The maximum Gasteiger partial charge on any atom is 0.228 e. The number of nitrogens with zero attached hydrogens (tertiary/aromatic N) is 3. The van der Waals surface area contributed by atoms with Gasteiger partial charge in [-0.3, -0.25) is 4.79 Å². The molecule has 0 unspecified atom stereocenters. The van der Waals surface area contributed by atoms with Crippen molar-refractivity contribution in [2.45, 2.75) is 37.3 Å². The zero-order valence-corrected chi connectivity index (χ0v) is 20.3. The molecule has 0 aliphatic heterocycles. The molecule has 0 aliphatic carbocycles. The average molecular weight is 468 g/mol. The summed E-state index contributed by atoms with van der Waals surface area (Å²) in [6.45, 7) is 5.13. The van der Waals surface area contributed by atoms with Gasteiger partial charge in [0.1, 0.15) is 17.5 Å². The summed E-state index contributed by atoms with van der Waals surface area (Å²) in [7, 11) is 0.520. The smallest absolute Gasteiger partial charge is 0.228 e. The molecule has 2 aromatic carbocycles. The van der Waals surface area contributed by atoms with E-state index in [0.29, 0.717) is 17.3 Å². The minimum Gasteiger partial charge on any atom is -0.363 e. The Bertz CT molecular complexity index is 1220. The molecular weight excluding hydrogens is 438 g/mol. The van der Waals surface area contributed by atoms with E-state index in [1.54, 1.807) is 50.2 Å². The Morgan fingerprint density at radius 3 is 2.15 bits per heavy atom. The van der Waals surface area contributed by atoms with Crippen LogP contribution in [-0.2, 0) is 21.1 Å². The topological polar surface area (TPSA) is 104 Å². The number of sulfone groups is 1. The van der Waals surface area contributed by atoms with Crippen molar-refractivity contribution in [2.75, 3.05) is 29.6 Å². The van der Waals surface area contributed by atoms with Crippen LogP contribution in [0.15, 0.2) is 59.5 Å². The van der Waals surface area contributed by atoms with Gasteiger partial charge in [-0.25, -0.2) is 18.4 Å². The number of hydrogen-bond acceptors (Lipinski definition) is 7. The minimum atomic E-state index is -3.32. The van der Waals surface area contributed by atoms with Crippen LogP contribution in [0.2, 0.25) is 0 Å². The van der Waals surface area contributed by atoms with E-state index < -0.39 is 15.1 Å². The van der Waals surface area contributed by atoms with Crippen LogP contribution in [0, 0.1) is 6.92 Å². The lowest BCUT2D eigenvalue weighted by Crippen LogP contribution is -2.15. The Kier molecular flexibility index (Phi) is 7.33. The first-order valence-corrected chi connectivity index (χ1v) is 12.1. The molecule has 2 N–H and O–H groups in total. The first kappa shape index (κ1) is 24.2. The summed E-state index contributed by atoms with van der Waals surface area (Å²) in [6, 6.07) is 15.6. The number of nitrogens with one attached hydrogen (secondary N) is 2. The highest BCUT2D eigenvalue weighted by molar-refractivity contribution is 7.92. The summed E-state index contributed by atoms with van der Waals surface area (Å²) in [6.07, 6.45) is 0.148.